The standard InChI is InChI=1S/C21H16BrNO2S/c22-15-10-11-18(25-13-14-6-2-1-3-7-14)16(12-15)20-21(24)23-17-8-4-5-9-19(17)26-20/h1-12,20H,13H2,(H,23,24). The number of benzene rings is 3. The Balaban J connectivity index is 1.63. The number of hydrogen-bond donors (Lipinski definition) is 1. The van der Waals surface area contributed by atoms with Gasteiger partial charge in [0.05, 0.1) is 5.69 Å². The molecule has 130 valence electrons. The first-order chi connectivity index (χ1) is 12.7. The lowest BCUT2D eigenvalue weighted by Crippen LogP contribution is -2.23. The number of amides is 1. The van der Waals surface area contributed by atoms with Crippen molar-refractivity contribution in [2.24, 2.45) is 0 Å². The van der Waals surface area contributed by atoms with Crippen molar-refractivity contribution in [1.29, 1.82) is 0 Å². The van der Waals surface area contributed by atoms with E-state index in [1.54, 1.807) is 11.8 Å². The van der Waals surface area contributed by atoms with Crippen LogP contribution in [0.4, 0.5) is 5.69 Å². The van der Waals surface area contributed by atoms with Gasteiger partial charge >= 0.3 is 0 Å². The average molecular weight is 426 g/mol. The molecule has 0 fully saturated rings. The molecule has 1 amide bonds. The number of ether oxygens (including phenoxy) is 1. The molecule has 0 saturated heterocycles. The molecule has 1 aliphatic rings. The number of fused-ring (bicyclic) bond motifs is 1. The Labute approximate surface area is 164 Å². The van der Waals surface area contributed by atoms with Crippen LogP contribution in [0.25, 0.3) is 0 Å². The van der Waals surface area contributed by atoms with Gasteiger partial charge in [-0.3, -0.25) is 4.79 Å². The molecule has 0 radical (unpaired) electrons. The molecule has 3 aromatic carbocycles. The summed E-state index contributed by atoms with van der Waals surface area (Å²) in [5.41, 5.74) is 2.82. The van der Waals surface area contributed by atoms with Gasteiger partial charge in [0, 0.05) is 14.9 Å². The first kappa shape index (κ1) is 17.2. The fourth-order valence-electron chi connectivity index (χ4n) is 2.85. The van der Waals surface area contributed by atoms with Gasteiger partial charge in [0.2, 0.25) is 5.91 Å². The summed E-state index contributed by atoms with van der Waals surface area (Å²) < 4.78 is 6.98. The maximum atomic E-state index is 12.7. The normalized spacial score (nSPS) is 15.9. The van der Waals surface area contributed by atoms with E-state index in [0.717, 1.165) is 31.9 Å². The Bertz CT molecular complexity index is 946. The first-order valence-electron chi connectivity index (χ1n) is 8.23. The van der Waals surface area contributed by atoms with Crippen molar-refractivity contribution in [2.75, 3.05) is 5.32 Å². The van der Waals surface area contributed by atoms with E-state index in [1.807, 2.05) is 72.8 Å². The highest BCUT2D eigenvalue weighted by atomic mass is 79.9. The van der Waals surface area contributed by atoms with E-state index < -0.39 is 0 Å². The Hall–Kier alpha value is -2.24. The number of rotatable bonds is 4. The van der Waals surface area contributed by atoms with Crippen LogP contribution in [0.2, 0.25) is 0 Å². The van der Waals surface area contributed by atoms with Crippen LogP contribution >= 0.6 is 27.7 Å². The molecule has 3 nitrogen and oxygen atoms in total. The topological polar surface area (TPSA) is 38.3 Å². The van der Waals surface area contributed by atoms with Crippen LogP contribution in [0.1, 0.15) is 16.4 Å². The molecule has 1 heterocycles. The van der Waals surface area contributed by atoms with Gasteiger partial charge in [-0.15, -0.1) is 11.8 Å². The van der Waals surface area contributed by atoms with Crippen LogP contribution in [0.5, 0.6) is 5.75 Å². The highest BCUT2D eigenvalue weighted by Crippen LogP contribution is 2.46. The average Bonchev–Trinajstić information content (AvgIpc) is 2.67. The Morgan fingerprint density at radius 1 is 1.00 bits per heavy atom. The Kier molecular flexibility index (Phi) is 5.00. The summed E-state index contributed by atoms with van der Waals surface area (Å²) in [5, 5.41) is 2.64. The van der Waals surface area contributed by atoms with E-state index >= 15 is 0 Å². The van der Waals surface area contributed by atoms with Gasteiger partial charge in [0.25, 0.3) is 0 Å². The van der Waals surface area contributed by atoms with Crippen molar-refractivity contribution in [2.45, 2.75) is 16.8 Å². The molecule has 0 aliphatic carbocycles. The zero-order chi connectivity index (χ0) is 17.9. The number of para-hydroxylation sites is 1. The molecular formula is C21H16BrNO2S. The van der Waals surface area contributed by atoms with E-state index in [9.17, 15) is 4.79 Å². The van der Waals surface area contributed by atoms with Crippen molar-refractivity contribution >= 4 is 39.3 Å². The fraction of sp³-hybridized carbons (Fsp3) is 0.0952. The zero-order valence-corrected chi connectivity index (χ0v) is 16.2. The van der Waals surface area contributed by atoms with Gasteiger partial charge in [-0.05, 0) is 35.9 Å². The largest absolute Gasteiger partial charge is 0.489 e. The van der Waals surface area contributed by atoms with Crippen molar-refractivity contribution in [3.8, 4) is 5.75 Å². The van der Waals surface area contributed by atoms with Crippen LogP contribution < -0.4 is 10.1 Å². The van der Waals surface area contributed by atoms with Crippen LogP contribution in [-0.2, 0) is 11.4 Å². The number of carbonyl (C=O) groups excluding carboxylic acids is 1. The maximum Gasteiger partial charge on any atom is 0.242 e. The molecule has 0 aromatic heterocycles. The molecule has 0 bridgehead atoms. The highest BCUT2D eigenvalue weighted by Gasteiger charge is 2.30. The number of nitrogens with one attached hydrogen (secondary N) is 1. The molecule has 0 saturated carbocycles. The minimum Gasteiger partial charge on any atom is -0.489 e. The van der Waals surface area contributed by atoms with Crippen molar-refractivity contribution in [1.82, 2.24) is 0 Å². The second-order valence-electron chi connectivity index (χ2n) is 5.94. The molecule has 1 aliphatic heterocycles. The summed E-state index contributed by atoms with van der Waals surface area (Å²) in [7, 11) is 0. The van der Waals surface area contributed by atoms with Crippen molar-refractivity contribution in [3.63, 3.8) is 0 Å². The SMILES string of the molecule is O=C1Nc2ccccc2SC1c1cc(Br)ccc1OCc1ccccc1. The quantitative estimate of drug-likeness (QED) is 0.572. The second kappa shape index (κ2) is 7.56. The summed E-state index contributed by atoms with van der Waals surface area (Å²) in [6.07, 6.45) is 0. The van der Waals surface area contributed by atoms with Crippen molar-refractivity contribution < 1.29 is 9.53 Å². The van der Waals surface area contributed by atoms with Gasteiger partial charge in [0.15, 0.2) is 0 Å². The zero-order valence-electron chi connectivity index (χ0n) is 13.8. The maximum absolute atomic E-state index is 12.7. The molecule has 4 rings (SSSR count). The first-order valence-corrected chi connectivity index (χ1v) is 9.91. The lowest BCUT2D eigenvalue weighted by molar-refractivity contribution is -0.115. The monoisotopic (exact) mass is 425 g/mol. The fourth-order valence-corrected chi connectivity index (χ4v) is 4.36. The summed E-state index contributed by atoms with van der Waals surface area (Å²) in [4.78, 5) is 13.8. The molecule has 0 spiro atoms. The third-order valence-corrected chi connectivity index (χ3v) is 5.93. The molecule has 1 unspecified atom stereocenters. The van der Waals surface area contributed by atoms with Gasteiger partial charge < -0.3 is 10.1 Å². The number of halogens is 1. The number of anilines is 1. The lowest BCUT2D eigenvalue weighted by Gasteiger charge is -2.26. The number of carbonyl (C=O) groups is 1. The Morgan fingerprint density at radius 3 is 2.62 bits per heavy atom. The highest BCUT2D eigenvalue weighted by molar-refractivity contribution is 9.10. The number of hydrogen-bond acceptors (Lipinski definition) is 3. The Morgan fingerprint density at radius 2 is 1.77 bits per heavy atom. The molecule has 3 aromatic rings. The van der Waals surface area contributed by atoms with Crippen LogP contribution in [0, 0.1) is 0 Å². The van der Waals surface area contributed by atoms with Gasteiger partial charge in [-0.25, -0.2) is 0 Å². The summed E-state index contributed by atoms with van der Waals surface area (Å²) in [6.45, 7) is 0.463. The predicted octanol–water partition coefficient (Wildman–Crippen LogP) is 5.81. The predicted molar refractivity (Wildman–Crippen MR) is 109 cm³/mol. The van der Waals surface area contributed by atoms with Crippen LogP contribution in [0.3, 0.4) is 0 Å². The van der Waals surface area contributed by atoms with Gasteiger partial charge in [-0.1, -0.05) is 58.4 Å². The smallest absolute Gasteiger partial charge is 0.242 e. The van der Waals surface area contributed by atoms with Crippen molar-refractivity contribution in [3.05, 3.63) is 88.4 Å². The van der Waals surface area contributed by atoms with E-state index in [1.165, 1.54) is 0 Å². The van der Waals surface area contributed by atoms with E-state index in [4.69, 9.17) is 4.74 Å². The van der Waals surface area contributed by atoms with E-state index in [2.05, 4.69) is 21.2 Å². The third-order valence-electron chi connectivity index (χ3n) is 4.12. The lowest BCUT2D eigenvalue weighted by atomic mass is 10.1. The summed E-state index contributed by atoms with van der Waals surface area (Å²) in [5.74, 6) is 0.695. The molecule has 1 atom stereocenters. The number of thioether (sulfide) groups is 1. The van der Waals surface area contributed by atoms with Crippen LogP contribution in [0.15, 0.2) is 82.2 Å². The molecule has 5 heteroatoms. The minimum absolute atomic E-state index is 0.0311. The summed E-state index contributed by atoms with van der Waals surface area (Å²) >= 11 is 5.06. The van der Waals surface area contributed by atoms with Gasteiger partial charge in [0.1, 0.15) is 17.6 Å². The van der Waals surface area contributed by atoms with Gasteiger partial charge in [-0.2, -0.15) is 0 Å². The third kappa shape index (κ3) is 3.64. The van der Waals surface area contributed by atoms with E-state index in [0.29, 0.717) is 6.61 Å². The molecule has 26 heavy (non-hydrogen) atoms. The second-order valence-corrected chi connectivity index (χ2v) is 8.00. The molecule has 1 N–H and O–H groups in total. The summed E-state index contributed by atoms with van der Waals surface area (Å²) in [6, 6.07) is 23.7. The van der Waals surface area contributed by atoms with E-state index in [-0.39, 0.29) is 11.2 Å². The molecular weight excluding hydrogens is 410 g/mol. The van der Waals surface area contributed by atoms with Crippen LogP contribution in [-0.4, -0.2) is 5.91 Å². The minimum atomic E-state index is -0.354.